The molecule has 0 aliphatic heterocycles. The zero-order valence-electron chi connectivity index (χ0n) is 9.08. The van der Waals surface area contributed by atoms with Crippen LogP contribution in [0.4, 0.5) is 5.69 Å². The van der Waals surface area contributed by atoms with Crippen molar-refractivity contribution in [3.05, 3.63) is 29.8 Å². The molecule has 0 amide bonds. The molecule has 0 bridgehead atoms. The molecule has 82 valence electrons. The Morgan fingerprint density at radius 2 is 2.00 bits per heavy atom. The van der Waals surface area contributed by atoms with Crippen LogP contribution in [-0.4, -0.2) is 11.1 Å². The van der Waals surface area contributed by atoms with Gasteiger partial charge in [0, 0.05) is 11.7 Å². The normalized spacial score (nSPS) is 17.7. The van der Waals surface area contributed by atoms with Crippen molar-refractivity contribution < 1.29 is 5.11 Å². The van der Waals surface area contributed by atoms with E-state index in [1.54, 1.807) is 0 Å². The number of nitrogens with one attached hydrogen (secondary N) is 1. The van der Waals surface area contributed by atoms with E-state index in [0.717, 1.165) is 11.3 Å². The van der Waals surface area contributed by atoms with Gasteiger partial charge in [0.05, 0.1) is 6.61 Å². The van der Waals surface area contributed by atoms with Gasteiger partial charge >= 0.3 is 0 Å². The molecule has 1 aliphatic rings. The largest absolute Gasteiger partial charge is 0.392 e. The van der Waals surface area contributed by atoms with E-state index in [0.29, 0.717) is 6.04 Å². The number of aliphatic hydroxyl groups is 1. The second-order valence-corrected chi connectivity index (χ2v) is 4.34. The molecular weight excluding hydrogens is 186 g/mol. The molecule has 2 nitrogen and oxygen atoms in total. The van der Waals surface area contributed by atoms with Crippen LogP contribution in [0.3, 0.4) is 0 Å². The van der Waals surface area contributed by atoms with Gasteiger partial charge in [-0.1, -0.05) is 31.4 Å². The summed E-state index contributed by atoms with van der Waals surface area (Å²) < 4.78 is 0. The summed E-state index contributed by atoms with van der Waals surface area (Å²) in [5.41, 5.74) is 2.13. The average molecular weight is 205 g/mol. The summed E-state index contributed by atoms with van der Waals surface area (Å²) in [5, 5.41) is 12.6. The lowest BCUT2D eigenvalue weighted by Crippen LogP contribution is -2.22. The second-order valence-electron chi connectivity index (χ2n) is 4.34. The summed E-state index contributed by atoms with van der Waals surface area (Å²) in [6.45, 7) is 0.125. The molecule has 2 heteroatoms. The SMILES string of the molecule is OCc1cccc(NC2CCCCC2)c1. The van der Waals surface area contributed by atoms with Crippen LogP contribution >= 0.6 is 0 Å². The van der Waals surface area contributed by atoms with E-state index in [4.69, 9.17) is 5.11 Å². The Bertz CT molecular complexity index is 305. The molecule has 2 rings (SSSR count). The summed E-state index contributed by atoms with van der Waals surface area (Å²) in [6, 6.07) is 8.69. The highest BCUT2D eigenvalue weighted by Crippen LogP contribution is 2.22. The molecule has 1 aliphatic carbocycles. The summed E-state index contributed by atoms with van der Waals surface area (Å²) >= 11 is 0. The van der Waals surface area contributed by atoms with Crippen LogP contribution in [0.25, 0.3) is 0 Å². The Hall–Kier alpha value is -1.02. The van der Waals surface area contributed by atoms with Crippen LogP contribution in [0.5, 0.6) is 0 Å². The molecule has 15 heavy (non-hydrogen) atoms. The average Bonchev–Trinajstić information content (AvgIpc) is 2.31. The van der Waals surface area contributed by atoms with E-state index in [1.165, 1.54) is 32.1 Å². The predicted octanol–water partition coefficient (Wildman–Crippen LogP) is 2.92. The fourth-order valence-corrected chi connectivity index (χ4v) is 2.24. The van der Waals surface area contributed by atoms with E-state index in [-0.39, 0.29) is 6.61 Å². The zero-order chi connectivity index (χ0) is 10.5. The first-order chi connectivity index (χ1) is 7.38. The van der Waals surface area contributed by atoms with Crippen LogP contribution in [0, 0.1) is 0 Å². The number of benzene rings is 1. The highest BCUT2D eigenvalue weighted by molar-refractivity contribution is 5.46. The lowest BCUT2D eigenvalue weighted by molar-refractivity contribution is 0.282. The quantitative estimate of drug-likeness (QED) is 0.795. The Balaban J connectivity index is 1.96. The smallest absolute Gasteiger partial charge is 0.0682 e. The number of rotatable bonds is 3. The molecule has 0 aromatic heterocycles. The topological polar surface area (TPSA) is 32.3 Å². The van der Waals surface area contributed by atoms with Crippen LogP contribution in [0.15, 0.2) is 24.3 Å². The maximum absolute atomic E-state index is 9.04. The Morgan fingerprint density at radius 3 is 2.73 bits per heavy atom. The molecule has 1 fully saturated rings. The Kier molecular flexibility index (Phi) is 3.62. The molecule has 0 saturated heterocycles. The van der Waals surface area contributed by atoms with Gasteiger partial charge in [-0.2, -0.15) is 0 Å². The Morgan fingerprint density at radius 1 is 1.20 bits per heavy atom. The standard InChI is InChI=1S/C13H19NO/c15-10-11-5-4-8-13(9-11)14-12-6-2-1-3-7-12/h4-5,8-9,12,14-15H,1-3,6-7,10H2. The summed E-state index contributed by atoms with van der Waals surface area (Å²) in [7, 11) is 0. The van der Waals surface area contributed by atoms with E-state index in [1.807, 2.05) is 18.2 Å². The van der Waals surface area contributed by atoms with E-state index < -0.39 is 0 Å². The van der Waals surface area contributed by atoms with Gasteiger partial charge in [0.2, 0.25) is 0 Å². The van der Waals surface area contributed by atoms with Crippen molar-refractivity contribution in [1.82, 2.24) is 0 Å². The third-order valence-corrected chi connectivity index (χ3v) is 3.09. The predicted molar refractivity (Wildman–Crippen MR) is 62.9 cm³/mol. The summed E-state index contributed by atoms with van der Waals surface area (Å²) in [5.74, 6) is 0. The van der Waals surface area contributed by atoms with Crippen molar-refractivity contribution in [2.24, 2.45) is 0 Å². The van der Waals surface area contributed by atoms with Crippen molar-refractivity contribution in [2.75, 3.05) is 5.32 Å². The molecule has 2 N–H and O–H groups in total. The highest BCUT2D eigenvalue weighted by atomic mass is 16.3. The van der Waals surface area contributed by atoms with Gasteiger partial charge in [-0.25, -0.2) is 0 Å². The van der Waals surface area contributed by atoms with Crippen molar-refractivity contribution in [2.45, 2.75) is 44.8 Å². The van der Waals surface area contributed by atoms with Crippen LogP contribution in [0.1, 0.15) is 37.7 Å². The minimum Gasteiger partial charge on any atom is -0.392 e. The molecule has 0 spiro atoms. The molecule has 0 radical (unpaired) electrons. The van der Waals surface area contributed by atoms with Gasteiger partial charge < -0.3 is 10.4 Å². The van der Waals surface area contributed by atoms with Gasteiger partial charge in [-0.3, -0.25) is 0 Å². The maximum atomic E-state index is 9.04. The van der Waals surface area contributed by atoms with Crippen molar-refractivity contribution in [3.63, 3.8) is 0 Å². The molecule has 0 atom stereocenters. The minimum absolute atomic E-state index is 0.125. The maximum Gasteiger partial charge on any atom is 0.0682 e. The van der Waals surface area contributed by atoms with E-state index in [2.05, 4.69) is 11.4 Å². The molecule has 0 heterocycles. The number of anilines is 1. The number of hydrogen-bond acceptors (Lipinski definition) is 2. The minimum atomic E-state index is 0.125. The fourth-order valence-electron chi connectivity index (χ4n) is 2.24. The Labute approximate surface area is 91.3 Å². The summed E-state index contributed by atoms with van der Waals surface area (Å²) in [6.07, 6.45) is 6.64. The van der Waals surface area contributed by atoms with E-state index in [9.17, 15) is 0 Å². The second kappa shape index (κ2) is 5.17. The highest BCUT2D eigenvalue weighted by Gasteiger charge is 2.12. The number of hydrogen-bond donors (Lipinski definition) is 2. The van der Waals surface area contributed by atoms with Gasteiger partial charge in [0.1, 0.15) is 0 Å². The van der Waals surface area contributed by atoms with Crippen LogP contribution in [0.2, 0.25) is 0 Å². The summed E-state index contributed by atoms with van der Waals surface area (Å²) in [4.78, 5) is 0. The van der Waals surface area contributed by atoms with E-state index >= 15 is 0 Å². The van der Waals surface area contributed by atoms with Gasteiger partial charge in [-0.05, 0) is 30.5 Å². The van der Waals surface area contributed by atoms with Gasteiger partial charge in [-0.15, -0.1) is 0 Å². The van der Waals surface area contributed by atoms with Crippen LogP contribution in [-0.2, 0) is 6.61 Å². The first-order valence-electron chi connectivity index (χ1n) is 5.85. The molecule has 1 saturated carbocycles. The van der Waals surface area contributed by atoms with Crippen molar-refractivity contribution in [3.8, 4) is 0 Å². The molecule has 1 aromatic rings. The number of aliphatic hydroxyl groups excluding tert-OH is 1. The third kappa shape index (κ3) is 2.96. The van der Waals surface area contributed by atoms with Crippen LogP contribution < -0.4 is 5.32 Å². The molecule has 1 aromatic carbocycles. The van der Waals surface area contributed by atoms with Gasteiger partial charge in [0.25, 0.3) is 0 Å². The third-order valence-electron chi connectivity index (χ3n) is 3.09. The first kappa shape index (κ1) is 10.5. The molecule has 0 unspecified atom stereocenters. The molecular formula is C13H19NO. The lowest BCUT2D eigenvalue weighted by Gasteiger charge is -2.24. The zero-order valence-corrected chi connectivity index (χ0v) is 9.08. The monoisotopic (exact) mass is 205 g/mol. The van der Waals surface area contributed by atoms with Gasteiger partial charge in [0.15, 0.2) is 0 Å². The lowest BCUT2D eigenvalue weighted by atomic mass is 9.95. The van der Waals surface area contributed by atoms with Crippen molar-refractivity contribution >= 4 is 5.69 Å². The van der Waals surface area contributed by atoms with Crippen molar-refractivity contribution in [1.29, 1.82) is 0 Å². The first-order valence-corrected chi connectivity index (χ1v) is 5.85. The fraction of sp³-hybridized carbons (Fsp3) is 0.538.